The molecule has 8 aromatic rings. The molecule has 6 aromatic carbocycles. The van der Waals surface area contributed by atoms with Gasteiger partial charge in [-0.1, -0.05) is 133 Å². The largest absolute Gasteiger partial charge is 0.478 e. The Labute approximate surface area is 361 Å². The Kier molecular flexibility index (Phi) is 21.9. The van der Waals surface area contributed by atoms with E-state index in [0.29, 0.717) is 16.9 Å². The normalized spacial score (nSPS) is 9.47. The standard InChI is InChI=1S/C15H12N2O2.C14H10N2O2.C7H8N2O2.C7H6O.3C2H6/c18-9-14(19)11-6-7-12-13(8-11)17-15(16-12)10-4-2-1-3-5-10;17-14(18)10-6-7-11-12(8-10)16-13(15-11)9-4-2-1-3-5-9;8-5-2-1-4(7(10)11)3-6(5)9;8-6-7-4-2-1-3-5-7;3*1-2/h1-8,18H,9H2,(H,16,17);1-8H,(H,15,16)(H,17,18);1-3H,8-9H2,(H,10,11);1-6H;3*1-2H3. The van der Waals surface area contributed by atoms with Crippen molar-refractivity contribution in [2.75, 3.05) is 18.1 Å². The number of rotatable bonds is 7. The summed E-state index contributed by atoms with van der Waals surface area (Å²) in [6, 6.07) is 42.8. The number of Topliss-reactive ketones (excluding diaryl/α,β-unsaturated/α-hetero) is 1. The molecular formula is C49H54N6O7. The number of aromatic carboxylic acids is 2. The molecule has 9 N–H and O–H groups in total. The summed E-state index contributed by atoms with van der Waals surface area (Å²) in [6.07, 6.45) is 0.833. The van der Waals surface area contributed by atoms with Crippen LogP contribution in [-0.4, -0.2) is 65.9 Å². The highest BCUT2D eigenvalue weighted by Crippen LogP contribution is 2.22. The predicted molar refractivity (Wildman–Crippen MR) is 250 cm³/mol. The van der Waals surface area contributed by atoms with Crippen LogP contribution in [0.3, 0.4) is 0 Å². The first kappa shape index (κ1) is 50.2. The number of H-pyrrole nitrogens is 2. The van der Waals surface area contributed by atoms with Gasteiger partial charge in [0.25, 0.3) is 0 Å². The van der Waals surface area contributed by atoms with E-state index in [2.05, 4.69) is 19.9 Å². The number of aldehydes is 1. The molecule has 0 fully saturated rings. The van der Waals surface area contributed by atoms with Crippen LogP contribution in [0.25, 0.3) is 44.8 Å². The molecule has 0 aliphatic carbocycles. The van der Waals surface area contributed by atoms with Gasteiger partial charge in [0.2, 0.25) is 0 Å². The molecule has 2 heterocycles. The van der Waals surface area contributed by atoms with Crippen LogP contribution in [0, 0.1) is 0 Å². The summed E-state index contributed by atoms with van der Waals surface area (Å²) in [5.74, 6) is -0.723. The lowest BCUT2D eigenvalue weighted by atomic mass is 10.1. The van der Waals surface area contributed by atoms with Gasteiger partial charge in [0.15, 0.2) is 5.78 Å². The molecule has 322 valence electrons. The second-order valence-corrected chi connectivity index (χ2v) is 11.9. The SMILES string of the molecule is CC.CC.CC.Nc1ccc(C(=O)O)cc1N.O=C(CO)c1ccc2nc(-c3ccccc3)[nH]c2c1.O=C(O)c1ccc2nc(-c3ccccc3)[nH]c2c1.O=Cc1ccccc1. The van der Waals surface area contributed by atoms with Gasteiger partial charge in [-0.05, 0) is 54.6 Å². The maximum Gasteiger partial charge on any atom is 0.335 e. The Bertz CT molecular complexity index is 2590. The van der Waals surface area contributed by atoms with Crippen LogP contribution in [0.4, 0.5) is 11.4 Å². The highest BCUT2D eigenvalue weighted by molar-refractivity contribution is 6.00. The third kappa shape index (κ3) is 15.0. The number of benzene rings is 6. The number of aliphatic hydroxyl groups excluding tert-OH is 1. The minimum atomic E-state index is -1.00. The third-order valence-electron chi connectivity index (χ3n) is 8.04. The van der Waals surface area contributed by atoms with Crippen LogP contribution in [0.5, 0.6) is 0 Å². The van der Waals surface area contributed by atoms with Crippen LogP contribution in [0.15, 0.2) is 146 Å². The van der Waals surface area contributed by atoms with Gasteiger partial charge in [0, 0.05) is 22.3 Å². The number of hydrogen-bond acceptors (Lipinski definition) is 9. The van der Waals surface area contributed by atoms with Crippen molar-refractivity contribution >= 4 is 57.4 Å². The summed E-state index contributed by atoms with van der Waals surface area (Å²) >= 11 is 0. The zero-order valence-corrected chi connectivity index (χ0v) is 35.7. The number of carbonyl (C=O) groups excluding carboxylic acids is 2. The highest BCUT2D eigenvalue weighted by atomic mass is 16.4. The lowest BCUT2D eigenvalue weighted by molar-refractivity contribution is 0.0686. The average molecular weight is 839 g/mol. The topological polar surface area (TPSA) is 238 Å². The molecule has 0 amide bonds. The first-order valence-corrected chi connectivity index (χ1v) is 19.9. The molecule has 0 atom stereocenters. The fraction of sp³-hybridized carbons (Fsp3) is 0.143. The molecule has 13 nitrogen and oxygen atoms in total. The second-order valence-electron chi connectivity index (χ2n) is 11.9. The molecule has 0 radical (unpaired) electrons. The summed E-state index contributed by atoms with van der Waals surface area (Å²) < 4.78 is 0. The minimum Gasteiger partial charge on any atom is -0.478 e. The number of imidazole rings is 2. The van der Waals surface area contributed by atoms with Gasteiger partial charge >= 0.3 is 11.9 Å². The molecule has 2 aromatic heterocycles. The smallest absolute Gasteiger partial charge is 0.335 e. The molecule has 62 heavy (non-hydrogen) atoms. The van der Waals surface area contributed by atoms with Crippen molar-refractivity contribution in [2.24, 2.45) is 0 Å². The minimum absolute atomic E-state index is 0.150. The number of aromatic nitrogens is 4. The molecule has 0 aliphatic rings. The van der Waals surface area contributed by atoms with Crippen molar-refractivity contribution < 1.29 is 34.5 Å². The second kappa shape index (κ2) is 27.0. The van der Waals surface area contributed by atoms with Crippen LogP contribution in [0.1, 0.15) is 83.0 Å². The van der Waals surface area contributed by atoms with E-state index in [1.165, 1.54) is 18.2 Å². The fourth-order valence-electron chi connectivity index (χ4n) is 5.12. The molecule has 0 saturated carbocycles. The van der Waals surface area contributed by atoms with E-state index in [4.69, 9.17) is 26.8 Å². The average Bonchev–Trinajstić information content (AvgIpc) is 3.97. The molecule has 0 bridgehead atoms. The zero-order valence-electron chi connectivity index (χ0n) is 35.7. The Hall–Kier alpha value is -7.90. The molecule has 8 rings (SSSR count). The molecule has 0 unspecified atom stereocenters. The van der Waals surface area contributed by atoms with Gasteiger partial charge in [-0.25, -0.2) is 19.6 Å². The number of carbonyl (C=O) groups is 4. The number of aromatic amines is 2. The monoisotopic (exact) mass is 838 g/mol. The van der Waals surface area contributed by atoms with Crippen LogP contribution in [0.2, 0.25) is 0 Å². The maximum atomic E-state index is 11.4. The van der Waals surface area contributed by atoms with Crippen molar-refractivity contribution in [3.63, 3.8) is 0 Å². The molecule has 0 aliphatic heterocycles. The van der Waals surface area contributed by atoms with E-state index in [0.717, 1.165) is 56.7 Å². The van der Waals surface area contributed by atoms with Crippen LogP contribution in [-0.2, 0) is 0 Å². The van der Waals surface area contributed by atoms with E-state index in [-0.39, 0.29) is 16.9 Å². The first-order valence-electron chi connectivity index (χ1n) is 19.9. The lowest BCUT2D eigenvalue weighted by Gasteiger charge is -1.99. The van der Waals surface area contributed by atoms with Crippen molar-refractivity contribution in [3.05, 3.63) is 168 Å². The molecular weight excluding hydrogens is 785 g/mol. The number of aliphatic hydroxyl groups is 1. The number of carboxylic acids is 2. The van der Waals surface area contributed by atoms with Crippen molar-refractivity contribution in [1.29, 1.82) is 0 Å². The van der Waals surface area contributed by atoms with Gasteiger partial charge in [-0.15, -0.1) is 0 Å². The Morgan fingerprint density at radius 2 is 0.919 bits per heavy atom. The third-order valence-corrected chi connectivity index (χ3v) is 8.04. The number of ketones is 1. The number of fused-ring (bicyclic) bond motifs is 2. The Morgan fingerprint density at radius 1 is 0.532 bits per heavy atom. The quantitative estimate of drug-likeness (QED) is 0.0452. The van der Waals surface area contributed by atoms with Crippen molar-refractivity contribution in [1.82, 2.24) is 19.9 Å². The predicted octanol–water partition coefficient (Wildman–Crippen LogP) is 10.5. The van der Waals surface area contributed by atoms with Crippen LogP contribution < -0.4 is 11.5 Å². The number of nitrogens with two attached hydrogens (primary N) is 2. The van der Waals surface area contributed by atoms with E-state index in [9.17, 15) is 19.2 Å². The number of hydrogen-bond donors (Lipinski definition) is 7. The van der Waals surface area contributed by atoms with Gasteiger partial charge in [-0.2, -0.15) is 0 Å². The molecule has 0 spiro atoms. The summed E-state index contributed by atoms with van der Waals surface area (Å²) in [6.45, 7) is 11.5. The van der Waals surface area contributed by atoms with Gasteiger partial charge in [-0.3, -0.25) is 9.59 Å². The van der Waals surface area contributed by atoms with E-state index in [1.54, 1.807) is 48.5 Å². The number of nitrogens with zero attached hydrogens (tertiary/aromatic N) is 2. The van der Waals surface area contributed by atoms with Crippen molar-refractivity contribution in [3.8, 4) is 22.8 Å². The first-order chi connectivity index (χ1) is 30.1. The number of carboxylic acid groups (broad SMARTS) is 2. The van der Waals surface area contributed by atoms with E-state index >= 15 is 0 Å². The highest BCUT2D eigenvalue weighted by Gasteiger charge is 2.10. The summed E-state index contributed by atoms with van der Waals surface area (Å²) in [5.41, 5.74) is 18.1. The lowest BCUT2D eigenvalue weighted by Crippen LogP contribution is -2.03. The van der Waals surface area contributed by atoms with Gasteiger partial charge in [0.05, 0.1) is 44.6 Å². The molecule has 0 saturated heterocycles. The van der Waals surface area contributed by atoms with E-state index < -0.39 is 18.5 Å². The Morgan fingerprint density at radius 3 is 1.31 bits per heavy atom. The number of anilines is 2. The van der Waals surface area contributed by atoms with Crippen LogP contribution >= 0.6 is 0 Å². The zero-order chi connectivity index (χ0) is 46.0. The summed E-state index contributed by atoms with van der Waals surface area (Å²) in [5, 5.41) is 26.3. The summed E-state index contributed by atoms with van der Waals surface area (Å²) in [7, 11) is 0. The maximum absolute atomic E-state index is 11.4. The fourth-order valence-corrected chi connectivity index (χ4v) is 5.12. The summed E-state index contributed by atoms with van der Waals surface area (Å²) in [4.78, 5) is 57.9. The molecule has 13 heteroatoms. The van der Waals surface area contributed by atoms with Gasteiger partial charge < -0.3 is 36.8 Å². The van der Waals surface area contributed by atoms with E-state index in [1.807, 2.05) is 120 Å². The number of nitrogens with one attached hydrogen (secondary N) is 2. The van der Waals surface area contributed by atoms with Gasteiger partial charge in [0.1, 0.15) is 24.5 Å². The van der Waals surface area contributed by atoms with Crippen molar-refractivity contribution in [2.45, 2.75) is 41.5 Å². The number of nitrogen functional groups attached to an aromatic ring is 2. The Balaban J connectivity index is 0.000000285.